The number of aromatic nitrogens is 2. The number of halogens is 1. The molecule has 1 aromatic carbocycles. The van der Waals surface area contributed by atoms with Crippen molar-refractivity contribution in [1.29, 1.82) is 0 Å². The highest BCUT2D eigenvalue weighted by Crippen LogP contribution is 2.24. The quantitative estimate of drug-likeness (QED) is 0.674. The second-order valence-corrected chi connectivity index (χ2v) is 7.65. The van der Waals surface area contributed by atoms with Gasteiger partial charge in [0.05, 0.1) is 11.3 Å². The van der Waals surface area contributed by atoms with Crippen LogP contribution in [0.15, 0.2) is 33.7 Å². The first-order chi connectivity index (χ1) is 14.0. The number of amides is 2. The lowest BCUT2D eigenvalue weighted by atomic mass is 10.1. The van der Waals surface area contributed by atoms with E-state index in [2.05, 4.69) is 15.6 Å². The normalized spacial score (nSPS) is 11.4. The topological polar surface area (TPSA) is 115 Å². The van der Waals surface area contributed by atoms with Crippen LogP contribution in [-0.2, 0) is 11.8 Å². The van der Waals surface area contributed by atoms with Crippen LogP contribution in [0.4, 0.5) is 20.6 Å². The van der Waals surface area contributed by atoms with Gasteiger partial charge in [0.25, 0.3) is 11.5 Å². The van der Waals surface area contributed by atoms with E-state index in [9.17, 15) is 18.8 Å². The lowest BCUT2D eigenvalue weighted by Crippen LogP contribution is -2.27. The van der Waals surface area contributed by atoms with Crippen LogP contribution in [0.3, 0.4) is 0 Å². The Morgan fingerprint density at radius 1 is 1.23 bits per heavy atom. The minimum atomic E-state index is -0.837. The Balaban J connectivity index is 1.89. The number of benzene rings is 1. The lowest BCUT2D eigenvalue weighted by Gasteiger charge is -2.20. The van der Waals surface area contributed by atoms with Gasteiger partial charge in [-0.05, 0) is 45.9 Å². The van der Waals surface area contributed by atoms with Crippen LogP contribution in [0.25, 0.3) is 11.1 Å². The molecule has 2 heterocycles. The van der Waals surface area contributed by atoms with Crippen LogP contribution >= 0.6 is 0 Å². The van der Waals surface area contributed by atoms with Gasteiger partial charge in [-0.2, -0.15) is 0 Å². The molecule has 0 aliphatic rings. The van der Waals surface area contributed by atoms with Gasteiger partial charge in [-0.25, -0.2) is 14.2 Å². The molecule has 30 heavy (non-hydrogen) atoms. The van der Waals surface area contributed by atoms with Crippen molar-refractivity contribution in [1.82, 2.24) is 9.55 Å². The van der Waals surface area contributed by atoms with E-state index >= 15 is 0 Å². The number of nitrogens with zero attached hydrogens (tertiary/aromatic N) is 2. The number of ether oxygens (including phenoxy) is 1. The van der Waals surface area contributed by atoms with E-state index in [0.717, 1.165) is 6.07 Å². The van der Waals surface area contributed by atoms with Gasteiger partial charge >= 0.3 is 6.09 Å². The van der Waals surface area contributed by atoms with Gasteiger partial charge in [0.1, 0.15) is 28.9 Å². The van der Waals surface area contributed by atoms with Crippen LogP contribution in [0.1, 0.15) is 36.9 Å². The summed E-state index contributed by atoms with van der Waals surface area (Å²) >= 11 is 0. The summed E-state index contributed by atoms with van der Waals surface area (Å²) < 4.78 is 25.8. The van der Waals surface area contributed by atoms with Crippen molar-refractivity contribution >= 4 is 34.5 Å². The predicted molar refractivity (Wildman–Crippen MR) is 108 cm³/mol. The first kappa shape index (κ1) is 21.0. The number of hydrogen-bond acceptors (Lipinski definition) is 6. The minimum Gasteiger partial charge on any atom is -0.444 e. The molecule has 2 N–H and O–H groups in total. The zero-order valence-electron chi connectivity index (χ0n) is 17.1. The molecule has 0 aliphatic carbocycles. The molecule has 0 saturated carbocycles. The van der Waals surface area contributed by atoms with E-state index in [1.165, 1.54) is 37.0 Å². The average Bonchev–Trinajstić information content (AvgIpc) is 2.96. The van der Waals surface area contributed by atoms with E-state index in [-0.39, 0.29) is 33.8 Å². The molecular formula is C20H21FN4O5. The maximum Gasteiger partial charge on any atom is 0.412 e. The van der Waals surface area contributed by atoms with Crippen LogP contribution in [0.2, 0.25) is 0 Å². The summed E-state index contributed by atoms with van der Waals surface area (Å²) in [7, 11) is 1.51. The number of anilines is 2. The molecule has 2 aromatic heterocycles. The van der Waals surface area contributed by atoms with E-state index in [1.54, 1.807) is 20.8 Å². The number of rotatable bonds is 3. The summed E-state index contributed by atoms with van der Waals surface area (Å²) in [6.07, 6.45) is 0.459. The molecule has 0 fully saturated rings. The molecule has 158 valence electrons. The van der Waals surface area contributed by atoms with Gasteiger partial charge in [-0.3, -0.25) is 14.9 Å². The predicted octanol–water partition coefficient (Wildman–Crippen LogP) is 3.57. The smallest absolute Gasteiger partial charge is 0.412 e. The highest BCUT2D eigenvalue weighted by atomic mass is 19.1. The summed E-state index contributed by atoms with van der Waals surface area (Å²) in [6, 6.07) is 3.65. The molecule has 9 nitrogen and oxygen atoms in total. The number of carbonyl (C=O) groups excluding carboxylic acids is 2. The monoisotopic (exact) mass is 416 g/mol. The molecule has 3 aromatic rings. The molecule has 0 radical (unpaired) electrons. The summed E-state index contributed by atoms with van der Waals surface area (Å²) in [5.41, 5.74) is -1.09. The Morgan fingerprint density at radius 2 is 1.93 bits per heavy atom. The average molecular weight is 416 g/mol. The second kappa shape index (κ2) is 7.62. The Morgan fingerprint density at radius 3 is 2.60 bits per heavy atom. The molecule has 10 heteroatoms. The molecule has 0 saturated heterocycles. The van der Waals surface area contributed by atoms with Crippen LogP contribution in [0, 0.1) is 12.7 Å². The molecular weight excluding hydrogens is 395 g/mol. The third-order valence-corrected chi connectivity index (χ3v) is 4.04. The standard InChI is InChI=1S/C20H21FN4O5/c1-10-14(15-17(29-10)22-9-25(5)18(15)27)16(26)23-11-6-7-12(21)13(8-11)24-19(28)30-20(2,3)4/h6-9H,1-5H3,(H,23,26)(H,24,28). The van der Waals surface area contributed by atoms with Gasteiger partial charge in [-0.1, -0.05) is 0 Å². The zero-order chi connectivity index (χ0) is 22.2. The van der Waals surface area contributed by atoms with Crippen molar-refractivity contribution in [2.24, 2.45) is 7.05 Å². The first-order valence-electron chi connectivity index (χ1n) is 9.02. The number of hydrogen-bond donors (Lipinski definition) is 2. The highest BCUT2D eigenvalue weighted by Gasteiger charge is 2.23. The number of fused-ring (bicyclic) bond motifs is 1. The Labute approximate surface area is 170 Å². The lowest BCUT2D eigenvalue weighted by molar-refractivity contribution is 0.0635. The Hall–Kier alpha value is -3.69. The van der Waals surface area contributed by atoms with Crippen molar-refractivity contribution < 1.29 is 23.1 Å². The van der Waals surface area contributed by atoms with E-state index in [1.807, 2.05) is 0 Å². The number of furan rings is 1. The van der Waals surface area contributed by atoms with Crippen LogP contribution < -0.4 is 16.2 Å². The Bertz CT molecular complexity index is 1210. The molecule has 0 bridgehead atoms. The first-order valence-corrected chi connectivity index (χ1v) is 9.02. The molecule has 2 amide bonds. The van der Waals surface area contributed by atoms with E-state index in [4.69, 9.17) is 9.15 Å². The summed E-state index contributed by atoms with van der Waals surface area (Å²) in [5.74, 6) is -1.12. The fourth-order valence-corrected chi connectivity index (χ4v) is 2.77. The molecule has 0 aliphatic heterocycles. The van der Waals surface area contributed by atoms with Crippen LogP contribution in [-0.4, -0.2) is 27.2 Å². The molecule has 3 rings (SSSR count). The molecule has 0 spiro atoms. The molecule has 0 unspecified atom stereocenters. The fourth-order valence-electron chi connectivity index (χ4n) is 2.77. The van der Waals surface area contributed by atoms with Crippen molar-refractivity contribution in [2.45, 2.75) is 33.3 Å². The van der Waals surface area contributed by atoms with Gasteiger partial charge < -0.3 is 19.0 Å². The van der Waals surface area contributed by atoms with E-state index < -0.39 is 29.0 Å². The maximum atomic E-state index is 14.1. The third kappa shape index (κ3) is 4.32. The summed E-state index contributed by atoms with van der Waals surface area (Å²) in [4.78, 5) is 41.2. The highest BCUT2D eigenvalue weighted by molar-refractivity contribution is 6.12. The Kier molecular flexibility index (Phi) is 5.34. The largest absolute Gasteiger partial charge is 0.444 e. The van der Waals surface area contributed by atoms with Crippen LogP contribution in [0.5, 0.6) is 0 Å². The zero-order valence-corrected chi connectivity index (χ0v) is 17.1. The summed E-state index contributed by atoms with van der Waals surface area (Å²) in [6.45, 7) is 6.57. The van der Waals surface area contributed by atoms with Gasteiger partial charge in [-0.15, -0.1) is 0 Å². The maximum absolute atomic E-state index is 14.1. The van der Waals surface area contributed by atoms with Crippen molar-refractivity contribution in [2.75, 3.05) is 10.6 Å². The van der Waals surface area contributed by atoms with Crippen molar-refractivity contribution in [3.05, 3.63) is 52.0 Å². The van der Waals surface area contributed by atoms with Crippen molar-refractivity contribution in [3.8, 4) is 0 Å². The number of carbonyl (C=O) groups is 2. The number of nitrogens with one attached hydrogen (secondary N) is 2. The number of aryl methyl sites for hydroxylation is 2. The second-order valence-electron chi connectivity index (χ2n) is 7.65. The van der Waals surface area contributed by atoms with Gasteiger partial charge in [0, 0.05) is 12.7 Å². The van der Waals surface area contributed by atoms with Crippen molar-refractivity contribution in [3.63, 3.8) is 0 Å². The molecule has 0 atom stereocenters. The van der Waals surface area contributed by atoms with Gasteiger partial charge in [0.15, 0.2) is 0 Å². The fraction of sp³-hybridized carbons (Fsp3) is 0.300. The summed E-state index contributed by atoms with van der Waals surface area (Å²) in [5, 5.41) is 4.93. The minimum absolute atomic E-state index is 0.0321. The van der Waals surface area contributed by atoms with E-state index in [0.29, 0.717) is 0 Å². The SMILES string of the molecule is Cc1oc2ncn(C)c(=O)c2c1C(=O)Nc1ccc(F)c(NC(=O)OC(C)(C)C)c1. The van der Waals surface area contributed by atoms with Gasteiger partial charge in [0.2, 0.25) is 5.71 Å². The third-order valence-electron chi connectivity index (χ3n) is 4.04.